The molecule has 0 N–H and O–H groups in total. The van der Waals surface area contributed by atoms with Gasteiger partial charge < -0.3 is 9.15 Å². The van der Waals surface area contributed by atoms with Gasteiger partial charge in [-0.1, -0.05) is 0 Å². The Labute approximate surface area is 62.8 Å². The predicted molar refractivity (Wildman–Crippen MR) is 38.4 cm³/mol. The van der Waals surface area contributed by atoms with Crippen molar-refractivity contribution in [3.63, 3.8) is 0 Å². The summed E-state index contributed by atoms with van der Waals surface area (Å²) in [5.41, 5.74) is 1.25. The molecule has 2 rings (SSSR count). The number of hydrogen-bond donors (Lipinski definition) is 0. The Kier molecular flexibility index (Phi) is 1.25. The fourth-order valence-corrected chi connectivity index (χ4v) is 0.849. The first-order chi connectivity index (χ1) is 5.40. The topological polar surface area (TPSA) is 48.2 Å². The lowest BCUT2D eigenvalue weighted by Gasteiger charge is -1.94. The van der Waals surface area contributed by atoms with Crippen molar-refractivity contribution in [1.29, 1.82) is 0 Å². The summed E-state index contributed by atoms with van der Waals surface area (Å²) in [6, 6.07) is 3.50. The molecule has 0 aliphatic rings. The molecule has 2 heterocycles. The fourth-order valence-electron chi connectivity index (χ4n) is 0.849. The predicted octanol–water partition coefficient (Wildman–Crippen LogP) is 1.23. The van der Waals surface area contributed by atoms with Crippen LogP contribution in [0.5, 0.6) is 5.88 Å². The van der Waals surface area contributed by atoms with Gasteiger partial charge in [-0.25, -0.2) is 0 Å². The number of nitrogens with zero attached hydrogens (tertiary/aromatic N) is 2. The van der Waals surface area contributed by atoms with E-state index in [-0.39, 0.29) is 0 Å². The van der Waals surface area contributed by atoms with Gasteiger partial charge in [0, 0.05) is 6.07 Å². The summed E-state index contributed by atoms with van der Waals surface area (Å²) < 4.78 is 9.89. The van der Waals surface area contributed by atoms with Gasteiger partial charge >= 0.3 is 0 Å². The number of aromatic nitrogens is 2. The Morgan fingerprint density at radius 2 is 2.36 bits per heavy atom. The van der Waals surface area contributed by atoms with Gasteiger partial charge in [-0.05, 0) is 6.07 Å². The van der Waals surface area contributed by atoms with Crippen LogP contribution in [0.4, 0.5) is 0 Å². The highest BCUT2D eigenvalue weighted by molar-refractivity contribution is 5.67. The number of hydrogen-bond acceptors (Lipinski definition) is 4. The van der Waals surface area contributed by atoms with E-state index in [2.05, 4.69) is 9.97 Å². The third-order valence-corrected chi connectivity index (χ3v) is 1.38. The molecule has 0 spiro atoms. The zero-order chi connectivity index (χ0) is 7.68. The highest BCUT2D eigenvalue weighted by Crippen LogP contribution is 2.13. The molecule has 56 valence electrons. The van der Waals surface area contributed by atoms with E-state index in [4.69, 9.17) is 9.15 Å². The molecule has 4 heteroatoms. The standard InChI is InChI=1S/C7H6N2O2/c1-10-6-3-2-5-7(9-6)8-4-11-5/h2-4H,1H3. The van der Waals surface area contributed by atoms with Crippen LogP contribution < -0.4 is 4.74 Å². The van der Waals surface area contributed by atoms with Crippen LogP contribution in [0.2, 0.25) is 0 Å². The third kappa shape index (κ3) is 0.920. The van der Waals surface area contributed by atoms with Gasteiger partial charge in [-0.3, -0.25) is 0 Å². The van der Waals surface area contributed by atoms with Gasteiger partial charge in [0.05, 0.1) is 7.11 Å². The smallest absolute Gasteiger partial charge is 0.215 e. The van der Waals surface area contributed by atoms with Crippen molar-refractivity contribution in [2.45, 2.75) is 0 Å². The number of fused-ring (bicyclic) bond motifs is 1. The van der Waals surface area contributed by atoms with E-state index in [0.29, 0.717) is 17.1 Å². The van der Waals surface area contributed by atoms with Crippen LogP contribution in [-0.4, -0.2) is 17.1 Å². The lowest BCUT2D eigenvalue weighted by molar-refractivity contribution is 0.399. The van der Waals surface area contributed by atoms with Gasteiger partial charge in [-0.15, -0.1) is 0 Å². The Morgan fingerprint density at radius 3 is 3.18 bits per heavy atom. The van der Waals surface area contributed by atoms with Crippen molar-refractivity contribution < 1.29 is 9.15 Å². The summed E-state index contributed by atoms with van der Waals surface area (Å²) in [6.45, 7) is 0. The second-order valence-corrected chi connectivity index (χ2v) is 2.03. The van der Waals surface area contributed by atoms with Crippen LogP contribution in [0.25, 0.3) is 11.2 Å². The number of methoxy groups -OCH3 is 1. The minimum atomic E-state index is 0.548. The average molecular weight is 150 g/mol. The van der Waals surface area contributed by atoms with Crippen LogP contribution in [-0.2, 0) is 0 Å². The molecule has 2 aromatic rings. The molecule has 0 fully saturated rings. The van der Waals surface area contributed by atoms with Crippen LogP contribution in [0.15, 0.2) is 22.9 Å². The zero-order valence-electron chi connectivity index (χ0n) is 5.94. The molecule has 0 unspecified atom stereocenters. The highest BCUT2D eigenvalue weighted by atomic mass is 16.5. The molecule has 0 aromatic carbocycles. The van der Waals surface area contributed by atoms with E-state index >= 15 is 0 Å². The van der Waals surface area contributed by atoms with Gasteiger partial charge in [-0.2, -0.15) is 9.97 Å². The largest absolute Gasteiger partial charge is 0.481 e. The lowest BCUT2D eigenvalue weighted by Crippen LogP contribution is -1.86. The Bertz CT molecular complexity index is 369. The molecular weight excluding hydrogens is 144 g/mol. The monoisotopic (exact) mass is 150 g/mol. The Morgan fingerprint density at radius 1 is 1.45 bits per heavy atom. The third-order valence-electron chi connectivity index (χ3n) is 1.38. The highest BCUT2D eigenvalue weighted by Gasteiger charge is 1.99. The quantitative estimate of drug-likeness (QED) is 0.613. The number of ether oxygens (including phenoxy) is 1. The van der Waals surface area contributed by atoms with Crippen molar-refractivity contribution in [1.82, 2.24) is 9.97 Å². The van der Waals surface area contributed by atoms with Crippen LogP contribution >= 0.6 is 0 Å². The average Bonchev–Trinajstić information content (AvgIpc) is 2.50. The first-order valence-corrected chi connectivity index (χ1v) is 3.14. The minimum absolute atomic E-state index is 0.548. The van der Waals surface area contributed by atoms with Crippen molar-refractivity contribution >= 4 is 11.2 Å². The molecule has 0 saturated carbocycles. The molecule has 0 bridgehead atoms. The van der Waals surface area contributed by atoms with Crippen molar-refractivity contribution in [3.8, 4) is 5.88 Å². The number of pyridine rings is 1. The summed E-state index contributed by atoms with van der Waals surface area (Å²) in [5, 5.41) is 0. The fraction of sp³-hybridized carbons (Fsp3) is 0.143. The summed E-state index contributed by atoms with van der Waals surface area (Å²) in [7, 11) is 1.56. The van der Waals surface area contributed by atoms with E-state index in [1.807, 2.05) is 0 Å². The SMILES string of the molecule is COc1ccc2ocnc2n1. The molecule has 4 nitrogen and oxygen atoms in total. The van der Waals surface area contributed by atoms with Gasteiger partial charge in [0.15, 0.2) is 12.0 Å². The zero-order valence-corrected chi connectivity index (χ0v) is 5.94. The van der Waals surface area contributed by atoms with Crippen molar-refractivity contribution in [2.24, 2.45) is 0 Å². The first kappa shape index (κ1) is 6.15. The molecule has 0 radical (unpaired) electrons. The van der Waals surface area contributed by atoms with E-state index in [9.17, 15) is 0 Å². The second-order valence-electron chi connectivity index (χ2n) is 2.03. The summed E-state index contributed by atoms with van der Waals surface area (Å²) in [6.07, 6.45) is 1.36. The van der Waals surface area contributed by atoms with Gasteiger partial charge in [0.1, 0.15) is 0 Å². The maximum Gasteiger partial charge on any atom is 0.215 e. The molecule has 11 heavy (non-hydrogen) atoms. The van der Waals surface area contributed by atoms with Gasteiger partial charge in [0.25, 0.3) is 0 Å². The molecular formula is C7H6N2O2. The molecule has 0 aliphatic heterocycles. The van der Waals surface area contributed by atoms with Crippen LogP contribution in [0, 0.1) is 0 Å². The molecule has 0 aliphatic carbocycles. The Balaban J connectivity index is 2.67. The molecule has 0 atom stereocenters. The van der Waals surface area contributed by atoms with E-state index in [1.54, 1.807) is 19.2 Å². The van der Waals surface area contributed by atoms with E-state index in [0.717, 1.165) is 0 Å². The van der Waals surface area contributed by atoms with Gasteiger partial charge in [0.2, 0.25) is 11.5 Å². The summed E-state index contributed by atoms with van der Waals surface area (Å²) in [4.78, 5) is 7.90. The number of rotatable bonds is 1. The maximum atomic E-state index is 4.99. The second kappa shape index (κ2) is 2.23. The van der Waals surface area contributed by atoms with Crippen LogP contribution in [0.3, 0.4) is 0 Å². The number of oxazole rings is 1. The van der Waals surface area contributed by atoms with Crippen molar-refractivity contribution in [3.05, 3.63) is 18.5 Å². The lowest BCUT2D eigenvalue weighted by atomic mass is 10.4. The van der Waals surface area contributed by atoms with E-state index in [1.165, 1.54) is 6.39 Å². The summed E-state index contributed by atoms with van der Waals surface area (Å²) >= 11 is 0. The normalized spacial score (nSPS) is 10.3. The first-order valence-electron chi connectivity index (χ1n) is 3.14. The minimum Gasteiger partial charge on any atom is -0.481 e. The molecule has 0 amide bonds. The summed E-state index contributed by atoms with van der Waals surface area (Å²) in [5.74, 6) is 0.548. The Hall–Kier alpha value is -1.58. The van der Waals surface area contributed by atoms with Crippen molar-refractivity contribution in [2.75, 3.05) is 7.11 Å². The van der Waals surface area contributed by atoms with E-state index < -0.39 is 0 Å². The molecule has 2 aromatic heterocycles. The maximum absolute atomic E-state index is 4.99. The molecule has 0 saturated heterocycles. The van der Waals surface area contributed by atoms with Crippen LogP contribution in [0.1, 0.15) is 0 Å².